The van der Waals surface area contributed by atoms with Gasteiger partial charge in [0.1, 0.15) is 5.82 Å². The first-order valence-electron chi connectivity index (χ1n) is 6.98. The number of nitrogens with one attached hydrogen (secondary N) is 1. The summed E-state index contributed by atoms with van der Waals surface area (Å²) in [6.45, 7) is 4.06. The first-order valence-corrected chi connectivity index (χ1v) is 6.98. The molecule has 1 unspecified atom stereocenters. The van der Waals surface area contributed by atoms with Gasteiger partial charge in [0.2, 0.25) is 0 Å². The fourth-order valence-corrected chi connectivity index (χ4v) is 3.22. The van der Waals surface area contributed by atoms with E-state index in [1.54, 1.807) is 0 Å². The van der Waals surface area contributed by atoms with E-state index in [4.69, 9.17) is 9.97 Å². The Kier molecular flexibility index (Phi) is 2.42. The quantitative estimate of drug-likeness (QED) is 0.843. The molecule has 1 atom stereocenters. The molecular weight excluding hydrogens is 234 g/mol. The molecule has 1 aromatic carbocycles. The summed E-state index contributed by atoms with van der Waals surface area (Å²) in [7, 11) is 0. The van der Waals surface area contributed by atoms with E-state index in [0.717, 1.165) is 31.8 Å². The highest BCUT2D eigenvalue weighted by Crippen LogP contribution is 2.38. The van der Waals surface area contributed by atoms with Crippen molar-refractivity contribution < 1.29 is 0 Å². The van der Waals surface area contributed by atoms with Gasteiger partial charge in [-0.2, -0.15) is 0 Å². The normalized spacial score (nSPS) is 20.4. The second-order valence-corrected chi connectivity index (χ2v) is 5.47. The molecule has 1 aromatic heterocycles. The monoisotopic (exact) mass is 251 g/mol. The molecule has 0 saturated heterocycles. The number of hydrogen-bond donors (Lipinski definition) is 1. The molecule has 2 heterocycles. The maximum Gasteiger partial charge on any atom is 0.136 e. The minimum Gasteiger partial charge on any atom is -0.311 e. The van der Waals surface area contributed by atoms with Crippen molar-refractivity contribution >= 4 is 0 Å². The molecule has 19 heavy (non-hydrogen) atoms. The van der Waals surface area contributed by atoms with Gasteiger partial charge < -0.3 is 5.32 Å². The van der Waals surface area contributed by atoms with Crippen molar-refractivity contribution in [3.63, 3.8) is 0 Å². The number of fused-ring (bicyclic) bond motifs is 2. The molecular formula is C16H17N3. The van der Waals surface area contributed by atoms with E-state index in [1.807, 2.05) is 0 Å². The summed E-state index contributed by atoms with van der Waals surface area (Å²) in [5, 5.41) is 3.40. The van der Waals surface area contributed by atoms with Crippen molar-refractivity contribution in [2.24, 2.45) is 0 Å². The van der Waals surface area contributed by atoms with Gasteiger partial charge in [0.15, 0.2) is 0 Å². The lowest BCUT2D eigenvalue weighted by atomic mass is 9.77. The lowest BCUT2D eigenvalue weighted by molar-refractivity contribution is 0.591. The maximum absolute atomic E-state index is 4.82. The van der Waals surface area contributed by atoms with E-state index in [0.29, 0.717) is 5.92 Å². The number of aromatic nitrogens is 2. The summed E-state index contributed by atoms with van der Waals surface area (Å²) in [6, 6.07) is 8.63. The average Bonchev–Trinajstić information content (AvgIpc) is 2.40. The van der Waals surface area contributed by atoms with Gasteiger partial charge in [-0.25, -0.2) is 9.97 Å². The highest BCUT2D eigenvalue weighted by molar-refractivity contribution is 5.44. The molecule has 1 N–H and O–H groups in total. The third-order valence-electron chi connectivity index (χ3n) is 4.33. The molecule has 1 aliphatic carbocycles. The number of nitrogens with zero attached hydrogens (tertiary/aromatic N) is 2. The average molecular weight is 251 g/mol. The van der Waals surface area contributed by atoms with Crippen molar-refractivity contribution in [1.29, 1.82) is 0 Å². The molecule has 0 saturated carbocycles. The highest BCUT2D eigenvalue weighted by atomic mass is 15.0. The van der Waals surface area contributed by atoms with Gasteiger partial charge in [-0.05, 0) is 43.0 Å². The Morgan fingerprint density at radius 3 is 3.00 bits per heavy atom. The number of hydrogen-bond acceptors (Lipinski definition) is 3. The first kappa shape index (κ1) is 11.1. The van der Waals surface area contributed by atoms with Crippen LogP contribution in [0.5, 0.6) is 0 Å². The van der Waals surface area contributed by atoms with Gasteiger partial charge in [-0.3, -0.25) is 0 Å². The predicted molar refractivity (Wildman–Crippen MR) is 74.2 cm³/mol. The Bertz CT molecular complexity index is 648. The zero-order valence-electron chi connectivity index (χ0n) is 11.1. The lowest BCUT2D eigenvalue weighted by Crippen LogP contribution is -2.28. The molecule has 2 aromatic rings. The third-order valence-corrected chi connectivity index (χ3v) is 4.33. The lowest BCUT2D eigenvalue weighted by Gasteiger charge is -2.30. The second kappa shape index (κ2) is 4.14. The molecule has 2 aliphatic rings. The van der Waals surface area contributed by atoms with Gasteiger partial charge in [0.25, 0.3) is 0 Å². The summed E-state index contributed by atoms with van der Waals surface area (Å²) in [4.78, 5) is 9.59. The van der Waals surface area contributed by atoms with Crippen LogP contribution in [0.1, 0.15) is 39.8 Å². The molecule has 0 fully saturated rings. The summed E-state index contributed by atoms with van der Waals surface area (Å²) < 4.78 is 0. The maximum atomic E-state index is 4.82. The minimum atomic E-state index is 0.405. The fraction of sp³-hybridized carbons (Fsp3) is 0.375. The van der Waals surface area contributed by atoms with Crippen molar-refractivity contribution in [3.8, 4) is 0 Å². The zero-order valence-corrected chi connectivity index (χ0v) is 11.1. The Balaban J connectivity index is 1.76. The molecule has 0 bridgehead atoms. The number of aryl methyl sites for hydroxylation is 1. The van der Waals surface area contributed by atoms with Gasteiger partial charge in [0.05, 0.1) is 5.69 Å². The van der Waals surface area contributed by atoms with E-state index in [1.165, 1.54) is 28.1 Å². The smallest absolute Gasteiger partial charge is 0.136 e. The van der Waals surface area contributed by atoms with Crippen molar-refractivity contribution in [2.75, 3.05) is 6.54 Å². The second-order valence-electron chi connectivity index (χ2n) is 5.47. The third kappa shape index (κ3) is 1.69. The van der Waals surface area contributed by atoms with Crippen molar-refractivity contribution in [1.82, 2.24) is 15.3 Å². The SMILES string of the molecule is Cc1nc(C2Cc3ccccc32)nc2c1CCNC2. The van der Waals surface area contributed by atoms with Gasteiger partial charge in [-0.1, -0.05) is 24.3 Å². The van der Waals surface area contributed by atoms with E-state index >= 15 is 0 Å². The summed E-state index contributed by atoms with van der Waals surface area (Å²) >= 11 is 0. The fourth-order valence-electron chi connectivity index (χ4n) is 3.22. The van der Waals surface area contributed by atoms with Crippen LogP contribution in [0.4, 0.5) is 0 Å². The summed E-state index contributed by atoms with van der Waals surface area (Å²) in [6.07, 6.45) is 2.14. The largest absolute Gasteiger partial charge is 0.311 e. The van der Waals surface area contributed by atoms with Crippen LogP contribution in [0.15, 0.2) is 24.3 Å². The Morgan fingerprint density at radius 1 is 1.21 bits per heavy atom. The molecule has 1 aliphatic heterocycles. The predicted octanol–water partition coefficient (Wildman–Crippen LogP) is 2.12. The van der Waals surface area contributed by atoms with Crippen LogP contribution in [0.2, 0.25) is 0 Å². The standard InChI is InChI=1S/C16H17N3/c1-10-12-6-7-17-9-15(12)19-16(18-10)14-8-11-4-2-3-5-13(11)14/h2-5,14,17H,6-9H2,1H3. The molecule has 4 rings (SSSR count). The summed E-state index contributed by atoms with van der Waals surface area (Å²) in [5.41, 5.74) is 6.59. The number of benzene rings is 1. The Hall–Kier alpha value is -1.74. The summed E-state index contributed by atoms with van der Waals surface area (Å²) in [5.74, 6) is 1.42. The van der Waals surface area contributed by atoms with Crippen LogP contribution in [-0.4, -0.2) is 16.5 Å². The molecule has 3 heteroatoms. The van der Waals surface area contributed by atoms with Crippen LogP contribution in [0.25, 0.3) is 0 Å². The Labute approximate surface area is 113 Å². The van der Waals surface area contributed by atoms with Gasteiger partial charge in [0, 0.05) is 18.2 Å². The first-order chi connectivity index (χ1) is 9.33. The molecule has 3 nitrogen and oxygen atoms in total. The molecule has 96 valence electrons. The van der Waals surface area contributed by atoms with E-state index in [9.17, 15) is 0 Å². The van der Waals surface area contributed by atoms with E-state index in [2.05, 4.69) is 36.5 Å². The minimum absolute atomic E-state index is 0.405. The number of rotatable bonds is 1. The van der Waals surface area contributed by atoms with Crippen LogP contribution >= 0.6 is 0 Å². The highest BCUT2D eigenvalue weighted by Gasteiger charge is 2.30. The van der Waals surface area contributed by atoms with Gasteiger partial charge in [-0.15, -0.1) is 0 Å². The molecule has 0 radical (unpaired) electrons. The van der Waals surface area contributed by atoms with Crippen LogP contribution in [-0.2, 0) is 19.4 Å². The topological polar surface area (TPSA) is 37.8 Å². The van der Waals surface area contributed by atoms with E-state index < -0.39 is 0 Å². The van der Waals surface area contributed by atoms with Crippen molar-refractivity contribution in [3.05, 3.63) is 58.2 Å². The van der Waals surface area contributed by atoms with Crippen molar-refractivity contribution in [2.45, 2.75) is 32.2 Å². The van der Waals surface area contributed by atoms with Gasteiger partial charge >= 0.3 is 0 Å². The van der Waals surface area contributed by atoms with Crippen LogP contribution in [0.3, 0.4) is 0 Å². The Morgan fingerprint density at radius 2 is 2.11 bits per heavy atom. The van der Waals surface area contributed by atoms with Crippen LogP contribution in [0, 0.1) is 6.92 Å². The zero-order chi connectivity index (χ0) is 12.8. The van der Waals surface area contributed by atoms with E-state index in [-0.39, 0.29) is 0 Å². The van der Waals surface area contributed by atoms with Crippen LogP contribution < -0.4 is 5.32 Å². The molecule has 0 spiro atoms. The molecule has 0 amide bonds.